The topological polar surface area (TPSA) is 55.7 Å². The van der Waals surface area contributed by atoms with Crippen LogP contribution in [0.1, 0.15) is 24.0 Å². The van der Waals surface area contributed by atoms with Gasteiger partial charge >= 0.3 is 0 Å². The quantitative estimate of drug-likeness (QED) is 0.674. The van der Waals surface area contributed by atoms with E-state index in [1.54, 1.807) is 0 Å². The van der Waals surface area contributed by atoms with Gasteiger partial charge in [0, 0.05) is 31.7 Å². The fourth-order valence-corrected chi connectivity index (χ4v) is 1.67. The zero-order valence-electron chi connectivity index (χ0n) is 11.0. The van der Waals surface area contributed by atoms with Crippen molar-refractivity contribution in [3.63, 3.8) is 0 Å². The van der Waals surface area contributed by atoms with Gasteiger partial charge in [0.25, 0.3) is 0 Å². The molecule has 0 unspecified atom stereocenters. The summed E-state index contributed by atoms with van der Waals surface area (Å²) in [5, 5.41) is 0. The molecule has 2 rings (SSSR count). The van der Waals surface area contributed by atoms with Crippen LogP contribution in [0.2, 0.25) is 0 Å². The van der Waals surface area contributed by atoms with Crippen LogP contribution < -0.4 is 27.3 Å². The fraction of sp³-hybridized carbons (Fsp3) is 0.308. The van der Waals surface area contributed by atoms with Gasteiger partial charge in [0.05, 0.1) is 5.56 Å². The third-order valence-corrected chi connectivity index (χ3v) is 2.77. The Balaban J connectivity index is 0.00000162. The second-order valence-electron chi connectivity index (χ2n) is 4.02. The second-order valence-corrected chi connectivity index (χ2v) is 4.02. The fourth-order valence-electron chi connectivity index (χ4n) is 1.67. The predicted octanol–water partition coefficient (Wildman–Crippen LogP) is -1.15. The predicted molar refractivity (Wildman–Crippen MR) is 76.6 cm³/mol. The van der Waals surface area contributed by atoms with Crippen LogP contribution >= 0.6 is 17.0 Å². The Morgan fingerprint density at radius 1 is 1.32 bits per heavy atom. The molecule has 0 aliphatic rings. The maximum absolute atomic E-state index is 5.93. The van der Waals surface area contributed by atoms with Crippen LogP contribution in [0.4, 0.5) is 5.82 Å². The molecule has 0 saturated heterocycles. The first-order chi connectivity index (χ1) is 8.20. The summed E-state index contributed by atoms with van der Waals surface area (Å²) < 4.78 is 2.13. The van der Waals surface area contributed by atoms with E-state index in [4.69, 9.17) is 5.73 Å². The Morgan fingerprint density at radius 2 is 2.05 bits per heavy atom. The molecule has 0 spiro atoms. The van der Waals surface area contributed by atoms with Gasteiger partial charge in [-0.05, 0) is 0 Å². The second kappa shape index (κ2) is 8.22. The molecule has 104 valence electrons. The molecule has 0 aliphatic carbocycles. The lowest BCUT2D eigenvalue weighted by Gasteiger charge is -2.04. The standard InChI is InChI=1S/C13H17N4.2BrH/c1-3-12-15-8-11(13(14)16-12)9-17-7-5-4-6-10(17)2;;/h4-8H,3,9H2,1-2H3,(H2,14,15,16);2*1H/q+1;;/p-1. The number of hydrogen-bond donors (Lipinski definition) is 1. The van der Waals surface area contributed by atoms with Crippen molar-refractivity contribution in [3.05, 3.63) is 47.7 Å². The smallest absolute Gasteiger partial charge is 0.179 e. The van der Waals surface area contributed by atoms with E-state index in [9.17, 15) is 0 Å². The van der Waals surface area contributed by atoms with Crippen molar-refractivity contribution in [1.29, 1.82) is 0 Å². The van der Waals surface area contributed by atoms with E-state index in [2.05, 4.69) is 27.5 Å². The highest BCUT2D eigenvalue weighted by atomic mass is 79.9. The number of rotatable bonds is 3. The number of nitrogen functional groups attached to an aromatic ring is 1. The van der Waals surface area contributed by atoms with Gasteiger partial charge in [0.2, 0.25) is 0 Å². The number of pyridine rings is 1. The van der Waals surface area contributed by atoms with Crippen LogP contribution in [0.3, 0.4) is 0 Å². The molecule has 0 atom stereocenters. The van der Waals surface area contributed by atoms with E-state index < -0.39 is 0 Å². The molecular formula is C13H18Br2N4. The molecule has 0 aliphatic heterocycles. The van der Waals surface area contributed by atoms with Crippen LogP contribution in [0.25, 0.3) is 0 Å². The average Bonchev–Trinajstić information content (AvgIpc) is 2.34. The maximum Gasteiger partial charge on any atom is 0.179 e. The van der Waals surface area contributed by atoms with Gasteiger partial charge in [-0.25, -0.2) is 9.97 Å². The molecule has 2 aromatic rings. The van der Waals surface area contributed by atoms with Crippen molar-refractivity contribution < 1.29 is 21.5 Å². The Labute approximate surface area is 134 Å². The Bertz CT molecular complexity index is 532. The van der Waals surface area contributed by atoms with Gasteiger partial charge in [-0.3, -0.25) is 0 Å². The van der Waals surface area contributed by atoms with Crippen molar-refractivity contribution >= 4 is 22.8 Å². The van der Waals surface area contributed by atoms with Gasteiger partial charge in [0.15, 0.2) is 18.4 Å². The Hall–Kier alpha value is -1.01. The monoisotopic (exact) mass is 388 g/mol. The van der Waals surface area contributed by atoms with Crippen molar-refractivity contribution in [2.45, 2.75) is 26.8 Å². The summed E-state index contributed by atoms with van der Waals surface area (Å²) in [7, 11) is 0. The van der Waals surface area contributed by atoms with Crippen molar-refractivity contribution in [1.82, 2.24) is 9.97 Å². The molecule has 4 nitrogen and oxygen atoms in total. The van der Waals surface area contributed by atoms with Gasteiger partial charge in [-0.15, -0.1) is 17.0 Å². The summed E-state index contributed by atoms with van der Waals surface area (Å²) in [6.07, 6.45) is 4.66. The Kier molecular flexibility index (Phi) is 7.78. The molecule has 2 aromatic heterocycles. The molecule has 2 N–H and O–H groups in total. The van der Waals surface area contributed by atoms with E-state index in [-0.39, 0.29) is 34.0 Å². The highest BCUT2D eigenvalue weighted by Gasteiger charge is 2.10. The molecule has 6 heteroatoms. The number of nitrogens with zero attached hydrogens (tertiary/aromatic N) is 3. The van der Waals surface area contributed by atoms with Gasteiger partial charge in [0.1, 0.15) is 11.6 Å². The summed E-state index contributed by atoms with van der Waals surface area (Å²) >= 11 is 0. The van der Waals surface area contributed by atoms with Crippen LogP contribution in [-0.2, 0) is 13.0 Å². The number of hydrogen-bond acceptors (Lipinski definition) is 3. The Morgan fingerprint density at radius 3 is 2.63 bits per heavy atom. The lowest BCUT2D eigenvalue weighted by atomic mass is 10.2. The maximum atomic E-state index is 5.93. The number of nitrogens with two attached hydrogens (primary N) is 1. The van der Waals surface area contributed by atoms with Gasteiger partial charge in [-0.2, -0.15) is 4.57 Å². The lowest BCUT2D eigenvalue weighted by Crippen LogP contribution is -3.00. The molecule has 0 saturated carbocycles. The minimum absolute atomic E-state index is 0. The summed E-state index contributed by atoms with van der Waals surface area (Å²) in [6.45, 7) is 4.80. The molecule has 0 amide bonds. The third kappa shape index (κ3) is 4.54. The first-order valence-electron chi connectivity index (χ1n) is 5.76. The molecule has 0 radical (unpaired) electrons. The first kappa shape index (κ1) is 18.0. The minimum Gasteiger partial charge on any atom is -1.00 e. The molecule has 0 bridgehead atoms. The molecule has 2 heterocycles. The number of anilines is 1. The molecule has 19 heavy (non-hydrogen) atoms. The summed E-state index contributed by atoms with van der Waals surface area (Å²) in [4.78, 5) is 8.55. The van der Waals surface area contributed by atoms with E-state index in [1.807, 2.05) is 31.5 Å². The molecular weight excluding hydrogens is 372 g/mol. The van der Waals surface area contributed by atoms with Gasteiger partial charge < -0.3 is 22.7 Å². The van der Waals surface area contributed by atoms with E-state index in [0.29, 0.717) is 12.4 Å². The SMILES string of the molecule is Br.CCc1ncc(C[n+]2ccccc2C)c(N)n1.[Br-]. The van der Waals surface area contributed by atoms with E-state index in [1.165, 1.54) is 5.69 Å². The number of halogens is 2. The zero-order valence-corrected chi connectivity index (χ0v) is 14.3. The van der Waals surface area contributed by atoms with Crippen LogP contribution in [0.5, 0.6) is 0 Å². The first-order valence-corrected chi connectivity index (χ1v) is 5.76. The minimum atomic E-state index is 0. The van der Waals surface area contributed by atoms with Crippen LogP contribution in [-0.4, -0.2) is 9.97 Å². The van der Waals surface area contributed by atoms with Crippen LogP contribution in [0.15, 0.2) is 30.6 Å². The molecule has 0 fully saturated rings. The number of aromatic nitrogens is 3. The highest BCUT2D eigenvalue weighted by molar-refractivity contribution is 8.93. The summed E-state index contributed by atoms with van der Waals surface area (Å²) in [5.74, 6) is 1.37. The zero-order chi connectivity index (χ0) is 12.3. The van der Waals surface area contributed by atoms with Crippen molar-refractivity contribution in [3.8, 4) is 0 Å². The summed E-state index contributed by atoms with van der Waals surface area (Å²) in [5.41, 5.74) is 8.08. The summed E-state index contributed by atoms with van der Waals surface area (Å²) in [6, 6.07) is 6.09. The largest absolute Gasteiger partial charge is 1.00 e. The third-order valence-electron chi connectivity index (χ3n) is 2.77. The van der Waals surface area contributed by atoms with Gasteiger partial charge in [-0.1, -0.05) is 13.0 Å². The van der Waals surface area contributed by atoms with E-state index in [0.717, 1.165) is 17.8 Å². The van der Waals surface area contributed by atoms with E-state index >= 15 is 0 Å². The van der Waals surface area contributed by atoms with Crippen molar-refractivity contribution in [2.75, 3.05) is 5.73 Å². The highest BCUT2D eigenvalue weighted by Crippen LogP contribution is 2.07. The van der Waals surface area contributed by atoms with Crippen LogP contribution in [0, 0.1) is 6.92 Å². The van der Waals surface area contributed by atoms with Crippen molar-refractivity contribution in [2.24, 2.45) is 0 Å². The molecule has 0 aromatic carbocycles. The number of aryl methyl sites for hydroxylation is 2. The average molecular weight is 390 g/mol. The lowest BCUT2D eigenvalue weighted by molar-refractivity contribution is -0.694. The normalized spacial score (nSPS) is 9.37.